The normalized spacial score (nSPS) is 30.4. The average Bonchev–Trinajstić information content (AvgIpc) is 2.27. The van der Waals surface area contributed by atoms with Crippen LogP contribution in [0.5, 0.6) is 0 Å². The van der Waals surface area contributed by atoms with Crippen LogP contribution in [0.2, 0.25) is 0 Å². The van der Waals surface area contributed by atoms with E-state index in [9.17, 15) is 4.79 Å². The molecule has 1 saturated carbocycles. The number of ether oxygens (including phenoxy) is 1. The van der Waals surface area contributed by atoms with Crippen molar-refractivity contribution in [1.29, 1.82) is 0 Å². The van der Waals surface area contributed by atoms with Gasteiger partial charge in [-0.25, -0.2) is 0 Å². The molecule has 2 atom stereocenters. The summed E-state index contributed by atoms with van der Waals surface area (Å²) in [6.45, 7) is 4.41. The predicted molar refractivity (Wildman–Crippen MR) is 68.8 cm³/mol. The summed E-state index contributed by atoms with van der Waals surface area (Å²) >= 11 is 1.97. The number of methoxy groups -OCH3 is 1. The molecule has 0 spiro atoms. The Morgan fingerprint density at radius 3 is 2.75 bits per heavy atom. The molecule has 0 aromatic carbocycles. The molecule has 94 valence electrons. The zero-order valence-electron chi connectivity index (χ0n) is 10.7. The van der Waals surface area contributed by atoms with Crippen molar-refractivity contribution in [2.45, 2.75) is 55.6 Å². The molecule has 0 aliphatic heterocycles. The minimum Gasteiger partial charge on any atom is -0.468 e. The van der Waals surface area contributed by atoms with Crippen LogP contribution in [-0.4, -0.2) is 36.2 Å². The average molecular weight is 245 g/mol. The molecule has 0 amide bonds. The van der Waals surface area contributed by atoms with E-state index in [-0.39, 0.29) is 5.97 Å². The number of carbonyl (C=O) groups is 1. The van der Waals surface area contributed by atoms with Gasteiger partial charge in [-0.1, -0.05) is 13.8 Å². The summed E-state index contributed by atoms with van der Waals surface area (Å²) in [5, 5.41) is 4.37. The summed E-state index contributed by atoms with van der Waals surface area (Å²) in [5.41, 5.74) is -0.445. The third-order valence-corrected chi connectivity index (χ3v) is 4.56. The second kappa shape index (κ2) is 5.92. The van der Waals surface area contributed by atoms with Crippen LogP contribution in [-0.2, 0) is 9.53 Å². The third kappa shape index (κ3) is 3.14. The van der Waals surface area contributed by atoms with Crippen LogP contribution in [0.3, 0.4) is 0 Å². The molecule has 1 N–H and O–H groups in total. The number of hydrogen-bond acceptors (Lipinski definition) is 4. The molecule has 0 aromatic rings. The highest BCUT2D eigenvalue weighted by Crippen LogP contribution is 2.37. The van der Waals surface area contributed by atoms with Gasteiger partial charge in [-0.3, -0.25) is 4.79 Å². The zero-order chi connectivity index (χ0) is 12.2. The van der Waals surface area contributed by atoms with Crippen molar-refractivity contribution in [2.75, 3.05) is 14.2 Å². The van der Waals surface area contributed by atoms with Gasteiger partial charge in [0, 0.05) is 5.25 Å². The first-order chi connectivity index (χ1) is 7.54. The highest BCUT2D eigenvalue weighted by Gasteiger charge is 2.42. The molecule has 3 nitrogen and oxygen atoms in total. The van der Waals surface area contributed by atoms with E-state index < -0.39 is 5.54 Å². The Hall–Kier alpha value is -0.220. The van der Waals surface area contributed by atoms with E-state index in [1.165, 1.54) is 13.5 Å². The van der Waals surface area contributed by atoms with E-state index in [1.54, 1.807) is 0 Å². The van der Waals surface area contributed by atoms with Crippen molar-refractivity contribution in [3.05, 3.63) is 0 Å². The number of carbonyl (C=O) groups excluding carboxylic acids is 1. The maximum absolute atomic E-state index is 11.9. The molecule has 4 heteroatoms. The summed E-state index contributed by atoms with van der Waals surface area (Å²) in [5.74, 6) is -0.107. The van der Waals surface area contributed by atoms with Crippen molar-refractivity contribution in [1.82, 2.24) is 5.32 Å². The van der Waals surface area contributed by atoms with Crippen LogP contribution < -0.4 is 5.32 Å². The van der Waals surface area contributed by atoms with Crippen molar-refractivity contribution in [2.24, 2.45) is 0 Å². The van der Waals surface area contributed by atoms with Gasteiger partial charge in [0.1, 0.15) is 5.54 Å². The molecule has 0 saturated heterocycles. The van der Waals surface area contributed by atoms with Gasteiger partial charge in [0.15, 0.2) is 0 Å². The van der Waals surface area contributed by atoms with Gasteiger partial charge in [-0.05, 0) is 38.0 Å². The van der Waals surface area contributed by atoms with Crippen LogP contribution in [0.15, 0.2) is 0 Å². The lowest BCUT2D eigenvalue weighted by atomic mass is 9.81. The van der Waals surface area contributed by atoms with Crippen molar-refractivity contribution in [3.63, 3.8) is 0 Å². The highest BCUT2D eigenvalue weighted by atomic mass is 32.2. The minimum atomic E-state index is -0.445. The Labute approximate surface area is 103 Å². The smallest absolute Gasteiger partial charge is 0.326 e. The fourth-order valence-corrected chi connectivity index (χ4v) is 3.89. The fourth-order valence-electron chi connectivity index (χ4n) is 2.44. The standard InChI is InChI=1S/C12H23NO2S/c1-9(2)16-10-6-5-7-12(8-10,13-3)11(14)15-4/h9-10,13H,5-8H2,1-4H3. The van der Waals surface area contributed by atoms with Crippen molar-refractivity contribution >= 4 is 17.7 Å². The van der Waals surface area contributed by atoms with E-state index in [0.717, 1.165) is 19.3 Å². The number of likely N-dealkylation sites (N-methyl/N-ethyl adjacent to an activating group) is 1. The molecule has 2 unspecified atom stereocenters. The number of esters is 1. The molecule has 1 fully saturated rings. The molecule has 1 aliphatic carbocycles. The Morgan fingerprint density at radius 1 is 1.56 bits per heavy atom. The summed E-state index contributed by atoms with van der Waals surface area (Å²) in [6, 6.07) is 0. The first-order valence-electron chi connectivity index (χ1n) is 5.97. The van der Waals surface area contributed by atoms with Gasteiger partial charge in [0.25, 0.3) is 0 Å². The Balaban J connectivity index is 2.68. The monoisotopic (exact) mass is 245 g/mol. The predicted octanol–water partition coefficient (Wildman–Crippen LogP) is 2.20. The lowest BCUT2D eigenvalue weighted by Gasteiger charge is -2.38. The molecular formula is C12H23NO2S. The van der Waals surface area contributed by atoms with Gasteiger partial charge in [-0.2, -0.15) is 11.8 Å². The van der Waals surface area contributed by atoms with Gasteiger partial charge >= 0.3 is 5.97 Å². The number of hydrogen-bond donors (Lipinski definition) is 1. The first-order valence-corrected chi connectivity index (χ1v) is 6.91. The Bertz CT molecular complexity index is 245. The van der Waals surface area contributed by atoms with E-state index in [2.05, 4.69) is 19.2 Å². The van der Waals surface area contributed by atoms with Crippen molar-refractivity contribution in [3.8, 4) is 0 Å². The van der Waals surface area contributed by atoms with Crippen LogP contribution >= 0.6 is 11.8 Å². The molecule has 0 aromatic heterocycles. The number of rotatable bonds is 4. The second-order valence-corrected chi connectivity index (χ2v) is 6.61. The Kier molecular flexibility index (Phi) is 5.12. The van der Waals surface area contributed by atoms with Crippen LogP contribution in [0.25, 0.3) is 0 Å². The van der Waals surface area contributed by atoms with E-state index >= 15 is 0 Å². The maximum Gasteiger partial charge on any atom is 0.326 e. The lowest BCUT2D eigenvalue weighted by molar-refractivity contribution is -0.149. The molecule has 0 heterocycles. The molecule has 16 heavy (non-hydrogen) atoms. The number of nitrogens with one attached hydrogen (secondary N) is 1. The maximum atomic E-state index is 11.9. The highest BCUT2D eigenvalue weighted by molar-refractivity contribution is 8.00. The third-order valence-electron chi connectivity index (χ3n) is 3.23. The summed E-state index contributed by atoms with van der Waals surface area (Å²) in [7, 11) is 3.33. The molecule has 1 rings (SSSR count). The van der Waals surface area contributed by atoms with Crippen molar-refractivity contribution < 1.29 is 9.53 Å². The van der Waals surface area contributed by atoms with E-state index in [1.807, 2.05) is 18.8 Å². The first kappa shape index (κ1) is 13.8. The molecular weight excluding hydrogens is 222 g/mol. The SMILES string of the molecule is CNC1(C(=O)OC)CCCC(SC(C)C)C1. The molecule has 0 bridgehead atoms. The summed E-state index contributed by atoms with van der Waals surface area (Å²) in [6.07, 6.45) is 4.09. The zero-order valence-corrected chi connectivity index (χ0v) is 11.5. The topological polar surface area (TPSA) is 38.3 Å². The summed E-state index contributed by atoms with van der Waals surface area (Å²) in [4.78, 5) is 11.9. The van der Waals surface area contributed by atoms with E-state index in [4.69, 9.17) is 4.74 Å². The van der Waals surface area contributed by atoms with Crippen LogP contribution in [0.1, 0.15) is 39.5 Å². The second-order valence-electron chi connectivity index (χ2n) is 4.73. The van der Waals surface area contributed by atoms with Gasteiger partial charge in [0.2, 0.25) is 0 Å². The quantitative estimate of drug-likeness (QED) is 0.771. The summed E-state index contributed by atoms with van der Waals surface area (Å²) < 4.78 is 4.93. The Morgan fingerprint density at radius 2 is 2.25 bits per heavy atom. The lowest BCUT2D eigenvalue weighted by Crippen LogP contribution is -2.54. The van der Waals surface area contributed by atoms with Crippen LogP contribution in [0.4, 0.5) is 0 Å². The van der Waals surface area contributed by atoms with E-state index in [0.29, 0.717) is 10.5 Å². The molecule has 1 aliphatic rings. The van der Waals surface area contributed by atoms with Gasteiger partial charge < -0.3 is 10.1 Å². The largest absolute Gasteiger partial charge is 0.468 e. The van der Waals surface area contributed by atoms with Gasteiger partial charge in [-0.15, -0.1) is 0 Å². The van der Waals surface area contributed by atoms with Crippen LogP contribution in [0, 0.1) is 0 Å². The van der Waals surface area contributed by atoms with Gasteiger partial charge in [0.05, 0.1) is 7.11 Å². The number of thioether (sulfide) groups is 1. The fraction of sp³-hybridized carbons (Fsp3) is 0.917. The minimum absolute atomic E-state index is 0.107. The molecule has 0 radical (unpaired) electrons.